The van der Waals surface area contributed by atoms with Crippen molar-refractivity contribution in [2.45, 2.75) is 117 Å². The quantitative estimate of drug-likeness (QED) is 0.189. The first kappa shape index (κ1) is 25.5. The van der Waals surface area contributed by atoms with Crippen molar-refractivity contribution in [2.24, 2.45) is 0 Å². The number of unbranched alkanes of at least 4 members (excludes halogenated alkanes) is 14. The predicted octanol–water partition coefficient (Wildman–Crippen LogP) is 9.54. The van der Waals surface area contributed by atoms with Crippen molar-refractivity contribution in [2.75, 3.05) is 18.0 Å². The van der Waals surface area contributed by atoms with Gasteiger partial charge in [-0.3, -0.25) is 0 Å². The topological polar surface area (TPSA) is 3.24 Å². The van der Waals surface area contributed by atoms with Gasteiger partial charge in [0.15, 0.2) is 0 Å². The Morgan fingerprint density at radius 1 is 0.571 bits per heavy atom. The van der Waals surface area contributed by atoms with Gasteiger partial charge in [-0.25, -0.2) is 0 Å². The molecule has 0 aromatic heterocycles. The van der Waals surface area contributed by atoms with Gasteiger partial charge in [-0.15, -0.1) is 0 Å². The summed E-state index contributed by atoms with van der Waals surface area (Å²) in [5.74, 6) is 0. The minimum Gasteiger partial charge on any atom is -0.371 e. The van der Waals surface area contributed by atoms with E-state index in [0.29, 0.717) is 0 Å². The van der Waals surface area contributed by atoms with Crippen molar-refractivity contribution < 1.29 is 0 Å². The molecule has 0 amide bonds. The lowest BCUT2D eigenvalue weighted by molar-refractivity contribution is 0.555. The third-order valence-corrected chi connectivity index (χ3v) is 6.43. The molecule has 0 bridgehead atoms. The largest absolute Gasteiger partial charge is 0.371 e. The lowest BCUT2D eigenvalue weighted by Crippen LogP contribution is -2.26. The molecule has 0 atom stereocenters. The van der Waals surface area contributed by atoms with Gasteiger partial charge in [0.25, 0.3) is 0 Å². The van der Waals surface area contributed by atoms with Crippen LogP contribution in [0.15, 0.2) is 28.7 Å². The normalized spacial score (nSPS) is 11.1. The second kappa shape index (κ2) is 18.5. The summed E-state index contributed by atoms with van der Waals surface area (Å²) in [5, 5.41) is 0. The molecule has 28 heavy (non-hydrogen) atoms. The number of benzene rings is 1. The fraction of sp³-hybridized carbons (Fsp3) is 0.769. The highest BCUT2D eigenvalue weighted by Crippen LogP contribution is 2.26. The summed E-state index contributed by atoms with van der Waals surface area (Å²) in [7, 11) is 0. The molecule has 0 fully saturated rings. The van der Waals surface area contributed by atoms with E-state index in [0.717, 1.165) is 0 Å². The van der Waals surface area contributed by atoms with Gasteiger partial charge in [-0.05, 0) is 40.9 Å². The zero-order valence-electron chi connectivity index (χ0n) is 18.9. The Hall–Kier alpha value is -0.500. The SMILES string of the molecule is CCCCCCCCCCN(CCCCCCCCCC)c1ccccc1Br. The van der Waals surface area contributed by atoms with Crippen LogP contribution in [0.5, 0.6) is 0 Å². The molecule has 1 aromatic carbocycles. The maximum absolute atomic E-state index is 3.77. The van der Waals surface area contributed by atoms with Gasteiger partial charge in [0, 0.05) is 17.6 Å². The molecule has 0 N–H and O–H groups in total. The molecule has 0 aliphatic rings. The second-order valence-electron chi connectivity index (χ2n) is 8.39. The lowest BCUT2D eigenvalue weighted by atomic mass is 10.1. The monoisotopic (exact) mass is 451 g/mol. The van der Waals surface area contributed by atoms with E-state index in [1.165, 1.54) is 126 Å². The lowest BCUT2D eigenvalue weighted by Gasteiger charge is -2.26. The Balaban J connectivity index is 2.27. The average Bonchev–Trinajstić information content (AvgIpc) is 2.71. The number of hydrogen-bond donors (Lipinski definition) is 0. The molecule has 0 heterocycles. The summed E-state index contributed by atoms with van der Waals surface area (Å²) in [6, 6.07) is 8.76. The number of rotatable bonds is 19. The summed E-state index contributed by atoms with van der Waals surface area (Å²) in [6.07, 6.45) is 22.3. The van der Waals surface area contributed by atoms with Crippen LogP contribution >= 0.6 is 15.9 Å². The van der Waals surface area contributed by atoms with E-state index in [4.69, 9.17) is 0 Å². The smallest absolute Gasteiger partial charge is 0.0510 e. The molecule has 1 nitrogen and oxygen atoms in total. The minimum absolute atomic E-state index is 1.20. The maximum Gasteiger partial charge on any atom is 0.0510 e. The van der Waals surface area contributed by atoms with E-state index in [1.54, 1.807) is 0 Å². The molecule has 0 radical (unpaired) electrons. The van der Waals surface area contributed by atoms with Gasteiger partial charge in [-0.1, -0.05) is 116 Å². The Morgan fingerprint density at radius 2 is 0.964 bits per heavy atom. The van der Waals surface area contributed by atoms with Crippen LogP contribution in [0.3, 0.4) is 0 Å². The first-order valence-corrected chi connectivity index (χ1v) is 13.1. The van der Waals surface area contributed by atoms with Gasteiger partial charge in [0.2, 0.25) is 0 Å². The zero-order chi connectivity index (χ0) is 20.3. The maximum atomic E-state index is 3.77. The number of hydrogen-bond acceptors (Lipinski definition) is 1. The molecule has 0 saturated carbocycles. The molecule has 1 rings (SSSR count). The third kappa shape index (κ3) is 12.9. The molecule has 162 valence electrons. The van der Waals surface area contributed by atoms with Crippen LogP contribution in [-0.2, 0) is 0 Å². The summed E-state index contributed by atoms with van der Waals surface area (Å²) >= 11 is 3.77. The van der Waals surface area contributed by atoms with Gasteiger partial charge in [-0.2, -0.15) is 0 Å². The number of nitrogens with zero attached hydrogens (tertiary/aromatic N) is 1. The summed E-state index contributed by atoms with van der Waals surface area (Å²) in [5.41, 5.74) is 1.38. The van der Waals surface area contributed by atoms with Crippen LogP contribution in [-0.4, -0.2) is 13.1 Å². The molecule has 0 saturated heterocycles. The van der Waals surface area contributed by atoms with Crippen LogP contribution in [0.25, 0.3) is 0 Å². The Morgan fingerprint density at radius 3 is 1.39 bits per heavy atom. The second-order valence-corrected chi connectivity index (χ2v) is 9.24. The number of para-hydroxylation sites is 1. The molecular weight excluding hydrogens is 406 g/mol. The zero-order valence-corrected chi connectivity index (χ0v) is 20.4. The highest BCUT2D eigenvalue weighted by molar-refractivity contribution is 9.10. The highest BCUT2D eigenvalue weighted by Gasteiger charge is 2.09. The Kier molecular flexibility index (Phi) is 16.9. The molecule has 0 spiro atoms. The van der Waals surface area contributed by atoms with E-state index < -0.39 is 0 Å². The Labute approximate surface area is 184 Å². The highest BCUT2D eigenvalue weighted by atomic mass is 79.9. The van der Waals surface area contributed by atoms with E-state index in [-0.39, 0.29) is 0 Å². The van der Waals surface area contributed by atoms with E-state index >= 15 is 0 Å². The standard InChI is InChI=1S/C26H46BrN/c1-3-5-7-9-11-13-15-19-23-28(26-22-18-17-21-25(26)27)24-20-16-14-12-10-8-6-4-2/h17-18,21-22H,3-16,19-20,23-24H2,1-2H3. The minimum atomic E-state index is 1.20. The first-order chi connectivity index (χ1) is 13.8. The third-order valence-electron chi connectivity index (χ3n) is 5.76. The molecule has 0 unspecified atom stereocenters. The van der Waals surface area contributed by atoms with Crippen LogP contribution in [0, 0.1) is 0 Å². The predicted molar refractivity (Wildman–Crippen MR) is 132 cm³/mol. The van der Waals surface area contributed by atoms with Crippen LogP contribution < -0.4 is 4.90 Å². The van der Waals surface area contributed by atoms with Crippen molar-refractivity contribution in [3.63, 3.8) is 0 Å². The van der Waals surface area contributed by atoms with Gasteiger partial charge in [0.05, 0.1) is 5.69 Å². The van der Waals surface area contributed by atoms with E-state index in [1.807, 2.05) is 0 Å². The van der Waals surface area contributed by atoms with Crippen LogP contribution in [0.4, 0.5) is 5.69 Å². The molecular formula is C26H46BrN. The van der Waals surface area contributed by atoms with E-state index in [9.17, 15) is 0 Å². The number of anilines is 1. The van der Waals surface area contributed by atoms with Crippen molar-refractivity contribution in [1.82, 2.24) is 0 Å². The van der Waals surface area contributed by atoms with Crippen molar-refractivity contribution in [3.05, 3.63) is 28.7 Å². The van der Waals surface area contributed by atoms with Gasteiger partial charge >= 0.3 is 0 Å². The number of halogens is 1. The fourth-order valence-electron chi connectivity index (χ4n) is 3.93. The molecule has 2 heteroatoms. The fourth-order valence-corrected chi connectivity index (χ4v) is 4.47. The van der Waals surface area contributed by atoms with Crippen molar-refractivity contribution in [3.8, 4) is 0 Å². The van der Waals surface area contributed by atoms with E-state index in [2.05, 4.69) is 58.9 Å². The van der Waals surface area contributed by atoms with Crippen LogP contribution in [0.1, 0.15) is 117 Å². The first-order valence-electron chi connectivity index (χ1n) is 12.3. The van der Waals surface area contributed by atoms with Crippen LogP contribution in [0.2, 0.25) is 0 Å². The summed E-state index contributed by atoms with van der Waals surface area (Å²) in [4.78, 5) is 2.62. The van der Waals surface area contributed by atoms with Gasteiger partial charge in [0.1, 0.15) is 0 Å². The summed E-state index contributed by atoms with van der Waals surface area (Å²) < 4.78 is 1.24. The molecule has 0 aliphatic heterocycles. The van der Waals surface area contributed by atoms with Crippen molar-refractivity contribution >= 4 is 21.6 Å². The average molecular weight is 453 g/mol. The van der Waals surface area contributed by atoms with Crippen molar-refractivity contribution in [1.29, 1.82) is 0 Å². The Bertz CT molecular complexity index is 440. The summed E-state index contributed by atoms with van der Waals surface area (Å²) in [6.45, 7) is 6.99. The van der Waals surface area contributed by atoms with Gasteiger partial charge < -0.3 is 4.90 Å². The molecule has 0 aliphatic carbocycles. The molecule has 1 aromatic rings.